The van der Waals surface area contributed by atoms with E-state index in [9.17, 15) is 15.8 Å². The van der Waals surface area contributed by atoms with E-state index in [1.165, 1.54) is 36.3 Å². The fraction of sp³-hybridized carbons (Fsp3) is 0.167. The minimum absolute atomic E-state index is 0.0555. The molecule has 0 fully saturated rings. The third-order valence-electron chi connectivity index (χ3n) is 6.34. The van der Waals surface area contributed by atoms with Crippen LogP contribution in [0, 0.1) is 34.0 Å². The van der Waals surface area contributed by atoms with Crippen molar-refractivity contribution in [2.24, 2.45) is 0 Å². The largest absolute Gasteiger partial charge is 0.480 e. The smallest absolute Gasteiger partial charge is 0.172 e. The zero-order chi connectivity index (χ0) is 26.3. The molecule has 4 aromatic rings. The normalized spacial score (nSPS) is 14.6. The minimum Gasteiger partial charge on any atom is -0.480 e. The first-order chi connectivity index (χ1) is 17.7. The van der Waals surface area contributed by atoms with Crippen LogP contribution in [0.15, 0.2) is 77.1 Å². The molecular weight excluding hydrogens is 496 g/mol. The molecule has 2 aromatic carbocycles. The Morgan fingerprint density at radius 3 is 2.16 bits per heavy atom. The molecule has 0 spiro atoms. The number of hydrogen-bond acceptors (Lipinski definition) is 7. The first-order valence-corrected chi connectivity index (χ1v) is 13.2. The lowest BCUT2D eigenvalue weighted by atomic mass is 9.94. The van der Waals surface area contributed by atoms with E-state index < -0.39 is 5.60 Å². The van der Waals surface area contributed by atoms with Crippen LogP contribution in [0.1, 0.15) is 18.7 Å². The van der Waals surface area contributed by atoms with E-state index in [2.05, 4.69) is 59.5 Å². The topological polar surface area (TPSA) is 83.8 Å². The Morgan fingerprint density at radius 1 is 0.892 bits per heavy atom. The van der Waals surface area contributed by atoms with Crippen LogP contribution in [-0.4, -0.2) is 19.7 Å². The zero-order valence-electron chi connectivity index (χ0n) is 20.8. The molecule has 5 rings (SSSR count). The quantitative estimate of drug-likeness (QED) is 0.257. The van der Waals surface area contributed by atoms with Crippen LogP contribution in [0.25, 0.3) is 36.7 Å². The molecule has 0 atom stereocenters. The molecule has 2 aromatic heterocycles. The maximum atomic E-state index is 9.77. The molecule has 5 nitrogen and oxygen atoms in total. The van der Waals surface area contributed by atoms with Crippen molar-refractivity contribution in [1.29, 1.82) is 15.8 Å². The van der Waals surface area contributed by atoms with Gasteiger partial charge in [-0.2, -0.15) is 15.8 Å². The monoisotopic (exact) mass is 518 g/mol. The molecule has 0 radical (unpaired) electrons. The van der Waals surface area contributed by atoms with Crippen molar-refractivity contribution in [3.8, 4) is 28.6 Å². The number of hydrogen-bond donors (Lipinski definition) is 0. The number of rotatable bonds is 4. The van der Waals surface area contributed by atoms with Crippen LogP contribution in [0.3, 0.4) is 0 Å². The summed E-state index contributed by atoms with van der Waals surface area (Å²) < 4.78 is 8.35. The Bertz CT molecular complexity index is 1760. The zero-order valence-corrected chi connectivity index (χ0v) is 22.4. The lowest BCUT2D eigenvalue weighted by Crippen LogP contribution is -2.20. The molecular formula is C30H22N4OS2. The molecule has 0 bridgehead atoms. The number of nitrogens with zero attached hydrogens (tertiary/aromatic N) is 4. The van der Waals surface area contributed by atoms with Crippen LogP contribution in [-0.2, 0) is 4.74 Å². The predicted molar refractivity (Wildman–Crippen MR) is 152 cm³/mol. The highest BCUT2D eigenvalue weighted by atomic mass is 32.1. The van der Waals surface area contributed by atoms with Crippen LogP contribution in [0.5, 0.6) is 0 Å². The highest BCUT2D eigenvalue weighted by Gasteiger charge is 2.38. The molecule has 1 aliphatic rings. The number of fused-ring (bicyclic) bond motifs is 3. The molecule has 0 unspecified atom stereocenters. The van der Waals surface area contributed by atoms with Gasteiger partial charge in [0.2, 0.25) is 0 Å². The summed E-state index contributed by atoms with van der Waals surface area (Å²) in [5.41, 5.74) is 2.23. The molecule has 0 saturated heterocycles. The summed E-state index contributed by atoms with van der Waals surface area (Å²) in [6.45, 7) is 3.66. The van der Waals surface area contributed by atoms with Crippen LogP contribution >= 0.6 is 22.7 Å². The van der Waals surface area contributed by atoms with Gasteiger partial charge < -0.3 is 9.64 Å². The van der Waals surface area contributed by atoms with Gasteiger partial charge >= 0.3 is 0 Å². The molecule has 7 heteroatoms. The summed E-state index contributed by atoms with van der Waals surface area (Å²) in [5.74, 6) is 0.0555. The van der Waals surface area contributed by atoms with Gasteiger partial charge in [-0.3, -0.25) is 0 Å². The second-order valence-corrected chi connectivity index (χ2v) is 11.5. The second-order valence-electron chi connectivity index (χ2n) is 9.38. The van der Waals surface area contributed by atoms with E-state index in [-0.39, 0.29) is 16.9 Å². The molecule has 1 aliphatic heterocycles. The van der Waals surface area contributed by atoms with Crippen molar-refractivity contribution in [3.63, 3.8) is 0 Å². The predicted octanol–water partition coefficient (Wildman–Crippen LogP) is 7.79. The van der Waals surface area contributed by atoms with Crippen molar-refractivity contribution in [1.82, 2.24) is 0 Å². The van der Waals surface area contributed by atoms with E-state index in [1.54, 1.807) is 22.7 Å². The van der Waals surface area contributed by atoms with Gasteiger partial charge in [0.05, 0.1) is 9.40 Å². The van der Waals surface area contributed by atoms with Crippen LogP contribution in [0.2, 0.25) is 0 Å². The summed E-state index contributed by atoms with van der Waals surface area (Å²) >= 11 is 3.50. The van der Waals surface area contributed by atoms with Gasteiger partial charge in [-0.25, -0.2) is 0 Å². The Balaban J connectivity index is 1.54. The van der Waals surface area contributed by atoms with Crippen molar-refractivity contribution in [2.45, 2.75) is 19.4 Å². The summed E-state index contributed by atoms with van der Waals surface area (Å²) in [5, 5.41) is 30.7. The summed E-state index contributed by atoms with van der Waals surface area (Å²) in [6.07, 6.45) is 3.84. The van der Waals surface area contributed by atoms with Crippen LogP contribution < -0.4 is 4.90 Å². The number of anilines is 1. The van der Waals surface area contributed by atoms with Crippen molar-refractivity contribution in [3.05, 3.63) is 82.0 Å². The third-order valence-corrected chi connectivity index (χ3v) is 8.82. The van der Waals surface area contributed by atoms with Gasteiger partial charge in [-0.1, -0.05) is 30.3 Å². The summed E-state index contributed by atoms with van der Waals surface area (Å²) in [7, 11) is 4.08. The van der Waals surface area contributed by atoms with Crippen LogP contribution in [0.4, 0.5) is 5.69 Å². The first-order valence-electron chi connectivity index (χ1n) is 11.6. The molecule has 3 heterocycles. The maximum Gasteiger partial charge on any atom is 0.172 e. The molecule has 180 valence electrons. The van der Waals surface area contributed by atoms with Gasteiger partial charge in [-0.15, -0.1) is 22.7 Å². The van der Waals surface area contributed by atoms with Crippen molar-refractivity contribution < 1.29 is 4.74 Å². The molecule has 0 saturated carbocycles. The maximum absolute atomic E-state index is 9.77. The van der Waals surface area contributed by atoms with E-state index in [0.29, 0.717) is 5.57 Å². The fourth-order valence-corrected chi connectivity index (χ4v) is 6.79. The number of allylic oxidation sites excluding steroid dienone is 2. The molecule has 0 amide bonds. The Morgan fingerprint density at radius 2 is 1.54 bits per heavy atom. The van der Waals surface area contributed by atoms with E-state index >= 15 is 0 Å². The molecule has 0 aliphatic carbocycles. The summed E-state index contributed by atoms with van der Waals surface area (Å²) in [4.78, 5) is 4.37. The average molecular weight is 519 g/mol. The number of ether oxygens (including phenoxy) is 1. The average Bonchev–Trinajstić information content (AvgIpc) is 3.56. The van der Waals surface area contributed by atoms with E-state index in [0.717, 1.165) is 4.88 Å². The Hall–Kier alpha value is -4.35. The van der Waals surface area contributed by atoms with Gasteiger partial charge in [0.1, 0.15) is 29.4 Å². The van der Waals surface area contributed by atoms with Crippen molar-refractivity contribution >= 4 is 54.6 Å². The second kappa shape index (κ2) is 9.26. The molecule has 37 heavy (non-hydrogen) atoms. The van der Waals surface area contributed by atoms with Gasteiger partial charge in [0.15, 0.2) is 11.3 Å². The molecule has 0 N–H and O–H groups in total. The van der Waals surface area contributed by atoms with E-state index in [1.807, 2.05) is 52.2 Å². The number of thiophene rings is 2. The third kappa shape index (κ3) is 4.28. The lowest BCUT2D eigenvalue weighted by molar-refractivity contribution is 0.0954. The number of nitriles is 3. The van der Waals surface area contributed by atoms with E-state index in [4.69, 9.17) is 4.74 Å². The first kappa shape index (κ1) is 24.3. The van der Waals surface area contributed by atoms with Crippen molar-refractivity contribution in [2.75, 3.05) is 19.0 Å². The Labute approximate surface area is 223 Å². The highest BCUT2D eigenvalue weighted by molar-refractivity contribution is 7.29. The van der Waals surface area contributed by atoms with Gasteiger partial charge in [0, 0.05) is 35.1 Å². The lowest BCUT2D eigenvalue weighted by Gasteiger charge is -2.20. The van der Waals surface area contributed by atoms with Gasteiger partial charge in [-0.05, 0) is 60.5 Å². The van der Waals surface area contributed by atoms with Gasteiger partial charge in [0.25, 0.3) is 0 Å². The minimum atomic E-state index is -0.829. The Kier molecular flexibility index (Phi) is 6.10. The fourth-order valence-electron chi connectivity index (χ4n) is 4.41. The summed E-state index contributed by atoms with van der Waals surface area (Å²) in [6, 6.07) is 23.1. The standard InChI is InChI=1S/C30H22N4OS2/c1-30(2)25(24(17-33)27(35-30)21(15-31)16-32)12-11-23-13-19-5-6-20-14-26(37-29(20)28(19)36-23)18-7-9-22(10-8-18)34(3)4/h5-14H,1-4H3/b12-11+. The highest BCUT2D eigenvalue weighted by Crippen LogP contribution is 2.43. The number of benzene rings is 2. The SMILES string of the molecule is CN(C)c1ccc(-c2cc3ccc4cc(/C=C/C5=C(C#N)C(=C(C#N)C#N)OC5(C)C)sc4c3s2)cc1.